The van der Waals surface area contributed by atoms with Gasteiger partial charge in [-0.3, -0.25) is 0 Å². The van der Waals surface area contributed by atoms with Crippen LogP contribution in [0.2, 0.25) is 0 Å². The number of rotatable bonds is 5. The first-order valence-corrected chi connectivity index (χ1v) is 5.12. The Hall–Kier alpha value is -1.86. The molecular formula is C10H16FNO6. The van der Waals surface area contributed by atoms with E-state index in [0.717, 1.165) is 0 Å². The van der Waals surface area contributed by atoms with Gasteiger partial charge < -0.3 is 20.3 Å². The normalized spacial score (nSPS) is 14.4. The molecule has 0 aliphatic heterocycles. The van der Waals surface area contributed by atoms with Crippen LogP contribution < -0.4 is 5.32 Å². The molecule has 0 aromatic rings. The molecule has 0 bridgehead atoms. The van der Waals surface area contributed by atoms with Crippen molar-refractivity contribution >= 4 is 18.0 Å². The fourth-order valence-corrected chi connectivity index (χ4v) is 0.979. The van der Waals surface area contributed by atoms with Gasteiger partial charge in [0, 0.05) is 6.42 Å². The highest BCUT2D eigenvalue weighted by molar-refractivity contribution is 5.81. The van der Waals surface area contributed by atoms with Gasteiger partial charge in [-0.2, -0.15) is 0 Å². The first-order chi connectivity index (χ1) is 8.03. The van der Waals surface area contributed by atoms with Gasteiger partial charge in [0.25, 0.3) is 0 Å². The Labute approximate surface area is 103 Å². The van der Waals surface area contributed by atoms with Gasteiger partial charge in [-0.1, -0.05) is 0 Å². The summed E-state index contributed by atoms with van der Waals surface area (Å²) < 4.78 is 17.6. The van der Waals surface area contributed by atoms with Crippen LogP contribution in [0.1, 0.15) is 27.2 Å². The second kappa shape index (κ2) is 6.18. The van der Waals surface area contributed by atoms with Crippen LogP contribution in [0.4, 0.5) is 9.18 Å². The summed E-state index contributed by atoms with van der Waals surface area (Å²) in [5.41, 5.74) is -0.838. The van der Waals surface area contributed by atoms with Gasteiger partial charge in [0.05, 0.1) is 0 Å². The van der Waals surface area contributed by atoms with Crippen molar-refractivity contribution in [1.29, 1.82) is 0 Å². The van der Waals surface area contributed by atoms with E-state index in [9.17, 15) is 18.8 Å². The quantitative estimate of drug-likeness (QED) is 0.677. The number of ether oxygens (including phenoxy) is 1. The number of carboxylic acids is 2. The highest BCUT2D eigenvalue weighted by Gasteiger charge is 2.29. The van der Waals surface area contributed by atoms with Crippen molar-refractivity contribution in [2.75, 3.05) is 0 Å². The number of alkyl carbamates (subject to hydrolysis) is 1. The molecule has 8 heteroatoms. The summed E-state index contributed by atoms with van der Waals surface area (Å²) in [6, 6.07) is -1.66. The van der Waals surface area contributed by atoms with E-state index in [1.807, 2.05) is 5.32 Å². The van der Waals surface area contributed by atoms with Crippen LogP contribution in [0.3, 0.4) is 0 Å². The Morgan fingerprint density at radius 3 is 2.06 bits per heavy atom. The number of carbonyl (C=O) groups is 3. The lowest BCUT2D eigenvalue weighted by molar-refractivity contribution is -0.145. The smallest absolute Gasteiger partial charge is 0.408 e. The summed E-state index contributed by atoms with van der Waals surface area (Å²) in [5.74, 6) is -3.32. The minimum absolute atomic E-state index is 0.838. The second-order valence-electron chi connectivity index (χ2n) is 4.58. The topological polar surface area (TPSA) is 113 Å². The molecule has 7 nitrogen and oxygen atoms in total. The maximum atomic E-state index is 12.9. The molecule has 1 amide bonds. The number of halogens is 1. The summed E-state index contributed by atoms with van der Waals surface area (Å²) >= 11 is 0. The fourth-order valence-electron chi connectivity index (χ4n) is 0.979. The first kappa shape index (κ1) is 16.1. The van der Waals surface area contributed by atoms with Crippen LogP contribution in [-0.4, -0.2) is 46.1 Å². The SMILES string of the molecule is CC(C)(C)OC(=O)N[C@@H](C[C@@H](F)C(=O)O)C(=O)O. The highest BCUT2D eigenvalue weighted by atomic mass is 19.1. The number of carboxylic acid groups (broad SMARTS) is 2. The molecule has 0 saturated carbocycles. The summed E-state index contributed by atoms with van der Waals surface area (Å²) in [4.78, 5) is 32.2. The van der Waals surface area contributed by atoms with Gasteiger partial charge in [0.2, 0.25) is 0 Å². The van der Waals surface area contributed by atoms with Crippen LogP contribution in [0.25, 0.3) is 0 Å². The summed E-state index contributed by atoms with van der Waals surface area (Å²) in [6.07, 6.45) is -4.29. The number of amides is 1. The molecule has 3 N–H and O–H groups in total. The molecule has 104 valence electrons. The van der Waals surface area contributed by atoms with Crippen LogP contribution in [-0.2, 0) is 14.3 Å². The zero-order chi connectivity index (χ0) is 14.5. The number of carbonyl (C=O) groups excluding carboxylic acids is 1. The van der Waals surface area contributed by atoms with Crippen LogP contribution in [0.15, 0.2) is 0 Å². The van der Waals surface area contributed by atoms with Crippen molar-refractivity contribution in [3.05, 3.63) is 0 Å². The van der Waals surface area contributed by atoms with Crippen molar-refractivity contribution in [3.8, 4) is 0 Å². The van der Waals surface area contributed by atoms with Crippen molar-refractivity contribution < 1.29 is 33.7 Å². The monoisotopic (exact) mass is 265 g/mol. The predicted molar refractivity (Wildman–Crippen MR) is 57.9 cm³/mol. The number of nitrogens with one attached hydrogen (secondary N) is 1. The molecule has 0 rings (SSSR count). The summed E-state index contributed by atoms with van der Waals surface area (Å²) in [5, 5.41) is 18.9. The van der Waals surface area contributed by atoms with Gasteiger partial charge in [-0.15, -0.1) is 0 Å². The zero-order valence-corrected chi connectivity index (χ0v) is 10.3. The largest absolute Gasteiger partial charge is 0.480 e. The molecule has 0 unspecified atom stereocenters. The zero-order valence-electron chi connectivity index (χ0n) is 10.3. The van der Waals surface area contributed by atoms with Crippen LogP contribution in [0.5, 0.6) is 0 Å². The fraction of sp³-hybridized carbons (Fsp3) is 0.700. The number of aliphatic carboxylic acids is 2. The second-order valence-corrected chi connectivity index (χ2v) is 4.58. The molecule has 0 aromatic heterocycles. The average Bonchev–Trinajstić information content (AvgIpc) is 2.12. The Kier molecular flexibility index (Phi) is 5.54. The van der Waals surface area contributed by atoms with E-state index in [-0.39, 0.29) is 0 Å². The molecule has 2 atom stereocenters. The van der Waals surface area contributed by atoms with E-state index in [1.54, 1.807) is 20.8 Å². The van der Waals surface area contributed by atoms with E-state index in [2.05, 4.69) is 0 Å². The van der Waals surface area contributed by atoms with Gasteiger partial charge in [-0.05, 0) is 20.8 Å². The van der Waals surface area contributed by atoms with Gasteiger partial charge in [-0.25, -0.2) is 18.8 Å². The Balaban J connectivity index is 4.50. The lowest BCUT2D eigenvalue weighted by atomic mass is 10.1. The predicted octanol–water partition coefficient (Wildman–Crippen LogP) is 0.777. The molecule has 0 aromatic carbocycles. The molecule has 0 spiro atoms. The maximum Gasteiger partial charge on any atom is 0.408 e. The first-order valence-electron chi connectivity index (χ1n) is 5.12. The van der Waals surface area contributed by atoms with E-state index < -0.39 is 42.3 Å². The minimum atomic E-state index is -2.37. The number of hydrogen-bond donors (Lipinski definition) is 3. The van der Waals surface area contributed by atoms with Crippen molar-refractivity contribution in [3.63, 3.8) is 0 Å². The van der Waals surface area contributed by atoms with Crippen LogP contribution >= 0.6 is 0 Å². The number of alkyl halides is 1. The van der Waals surface area contributed by atoms with E-state index in [0.29, 0.717) is 0 Å². The van der Waals surface area contributed by atoms with E-state index >= 15 is 0 Å². The Morgan fingerprint density at radius 2 is 1.72 bits per heavy atom. The molecule has 18 heavy (non-hydrogen) atoms. The highest BCUT2D eigenvalue weighted by Crippen LogP contribution is 2.09. The molecular weight excluding hydrogens is 249 g/mol. The van der Waals surface area contributed by atoms with E-state index in [1.165, 1.54) is 0 Å². The molecule has 0 heterocycles. The third-order valence-electron chi connectivity index (χ3n) is 1.70. The maximum absolute atomic E-state index is 12.9. The standard InChI is InChI=1S/C10H16FNO6/c1-10(2,3)18-9(17)12-6(8(15)16)4-5(11)7(13)14/h5-6H,4H2,1-3H3,(H,12,17)(H,13,14)(H,15,16)/t5-,6+/m1/s1. The van der Waals surface area contributed by atoms with Crippen molar-refractivity contribution in [2.24, 2.45) is 0 Å². The molecule has 0 radical (unpaired) electrons. The van der Waals surface area contributed by atoms with Gasteiger partial charge in [0.1, 0.15) is 11.6 Å². The van der Waals surface area contributed by atoms with Crippen molar-refractivity contribution in [1.82, 2.24) is 5.32 Å². The Morgan fingerprint density at radius 1 is 1.22 bits per heavy atom. The van der Waals surface area contributed by atoms with E-state index in [4.69, 9.17) is 14.9 Å². The summed E-state index contributed by atoms with van der Waals surface area (Å²) in [6.45, 7) is 4.70. The van der Waals surface area contributed by atoms with Crippen molar-refractivity contribution in [2.45, 2.75) is 45.0 Å². The van der Waals surface area contributed by atoms with Gasteiger partial charge in [0.15, 0.2) is 6.17 Å². The molecule has 0 fully saturated rings. The molecule has 0 aliphatic rings. The minimum Gasteiger partial charge on any atom is -0.480 e. The third kappa shape index (κ3) is 6.66. The third-order valence-corrected chi connectivity index (χ3v) is 1.70. The molecule has 0 saturated heterocycles. The molecule has 0 aliphatic carbocycles. The average molecular weight is 265 g/mol. The lowest BCUT2D eigenvalue weighted by Gasteiger charge is -2.22. The lowest BCUT2D eigenvalue weighted by Crippen LogP contribution is -2.45. The Bertz CT molecular complexity index is 338. The number of hydrogen-bond acceptors (Lipinski definition) is 4. The summed E-state index contributed by atoms with van der Waals surface area (Å²) in [7, 11) is 0. The van der Waals surface area contributed by atoms with Gasteiger partial charge >= 0.3 is 18.0 Å². The van der Waals surface area contributed by atoms with Crippen LogP contribution in [0, 0.1) is 0 Å².